The van der Waals surface area contributed by atoms with Crippen LogP contribution < -0.4 is 5.32 Å². The fraction of sp³-hybridized carbons (Fsp3) is 0.208. The second kappa shape index (κ2) is 9.38. The van der Waals surface area contributed by atoms with Gasteiger partial charge in [-0.3, -0.25) is 14.4 Å². The van der Waals surface area contributed by atoms with Crippen molar-refractivity contribution in [1.82, 2.24) is 14.6 Å². The minimum Gasteiger partial charge on any atom is -0.331 e. The summed E-state index contributed by atoms with van der Waals surface area (Å²) in [6.45, 7) is 0.524. The summed E-state index contributed by atoms with van der Waals surface area (Å²) in [5, 5.41) is 8.60. The molecule has 0 spiro atoms. The Bertz CT molecular complexity index is 1170. The van der Waals surface area contributed by atoms with Crippen molar-refractivity contribution in [3.8, 4) is 0 Å². The molecule has 8 nitrogen and oxygen atoms in total. The van der Waals surface area contributed by atoms with Gasteiger partial charge in [-0.2, -0.15) is 5.10 Å². The Morgan fingerprint density at radius 1 is 1.00 bits per heavy atom. The number of nitrogens with zero attached hydrogens (tertiary/aromatic N) is 4. The van der Waals surface area contributed by atoms with E-state index < -0.39 is 0 Å². The van der Waals surface area contributed by atoms with E-state index in [4.69, 9.17) is 0 Å². The van der Waals surface area contributed by atoms with Crippen LogP contribution in [-0.2, 0) is 16.6 Å². The number of benzene rings is 2. The zero-order valence-electron chi connectivity index (χ0n) is 17.7. The Hall–Kier alpha value is -4.07. The molecule has 0 saturated heterocycles. The van der Waals surface area contributed by atoms with Crippen LogP contribution in [0.25, 0.3) is 0 Å². The molecule has 2 amide bonds. The molecule has 0 saturated carbocycles. The summed E-state index contributed by atoms with van der Waals surface area (Å²) >= 11 is 0. The van der Waals surface area contributed by atoms with Crippen molar-refractivity contribution in [3.05, 3.63) is 83.9 Å². The first-order valence-corrected chi connectivity index (χ1v) is 10.4. The number of aryl methyl sites for hydroxylation is 1. The summed E-state index contributed by atoms with van der Waals surface area (Å²) in [6, 6.07) is 16.3. The third-order valence-electron chi connectivity index (χ3n) is 5.22. The summed E-state index contributed by atoms with van der Waals surface area (Å²) in [4.78, 5) is 41.2. The Balaban J connectivity index is 1.28. The minimum atomic E-state index is -0.270. The van der Waals surface area contributed by atoms with Gasteiger partial charge >= 0.3 is 0 Å². The molecule has 0 aliphatic carbocycles. The summed E-state index contributed by atoms with van der Waals surface area (Å²) in [5.74, 6) is -0.294. The van der Waals surface area contributed by atoms with Crippen LogP contribution in [0.5, 0.6) is 0 Å². The lowest BCUT2D eigenvalue weighted by atomic mass is 10.1. The van der Waals surface area contributed by atoms with Crippen molar-refractivity contribution in [2.45, 2.75) is 19.3 Å². The molecule has 3 aromatic rings. The Morgan fingerprint density at radius 3 is 2.44 bits per heavy atom. The van der Waals surface area contributed by atoms with Crippen LogP contribution in [-0.4, -0.2) is 44.4 Å². The molecule has 0 unspecified atom stereocenters. The van der Waals surface area contributed by atoms with Crippen molar-refractivity contribution in [2.24, 2.45) is 12.1 Å². The molecule has 4 rings (SSSR count). The number of hydrogen-bond donors (Lipinski definition) is 1. The maximum atomic E-state index is 12.5. The van der Waals surface area contributed by atoms with Crippen LogP contribution in [0.1, 0.15) is 41.0 Å². The first kappa shape index (κ1) is 21.2. The van der Waals surface area contributed by atoms with E-state index >= 15 is 0 Å². The highest BCUT2D eigenvalue weighted by Crippen LogP contribution is 2.16. The minimum absolute atomic E-state index is 0.0550. The quantitative estimate of drug-likeness (QED) is 0.584. The lowest BCUT2D eigenvalue weighted by Gasteiger charge is -2.11. The SMILES string of the molecule is Cn1ccnc1C(=O)c1ccc(NC(=O)CCC(=O)N2CCC(c3ccccc3)=N2)cc1. The van der Waals surface area contributed by atoms with Crippen LogP contribution >= 0.6 is 0 Å². The van der Waals surface area contributed by atoms with Crippen molar-refractivity contribution in [1.29, 1.82) is 0 Å². The monoisotopic (exact) mass is 429 g/mol. The standard InChI is InChI=1S/C24H23N5O3/c1-28-16-14-25-24(28)23(32)18-7-9-19(10-8-18)26-21(30)11-12-22(31)29-15-13-20(27-29)17-5-3-2-4-6-17/h2-10,14,16H,11-13,15H2,1H3,(H,26,30). The summed E-state index contributed by atoms with van der Waals surface area (Å²) < 4.78 is 1.66. The van der Waals surface area contributed by atoms with E-state index in [0.29, 0.717) is 30.0 Å². The highest BCUT2D eigenvalue weighted by atomic mass is 16.2. The van der Waals surface area contributed by atoms with Gasteiger partial charge in [0.25, 0.3) is 0 Å². The molecule has 1 aliphatic rings. The largest absolute Gasteiger partial charge is 0.331 e. The second-order valence-electron chi connectivity index (χ2n) is 7.50. The van der Waals surface area contributed by atoms with E-state index in [1.54, 1.807) is 48.3 Å². The Morgan fingerprint density at radius 2 is 1.75 bits per heavy atom. The number of anilines is 1. The first-order chi connectivity index (χ1) is 15.5. The second-order valence-corrected chi connectivity index (χ2v) is 7.50. The van der Waals surface area contributed by atoms with Gasteiger partial charge in [0.15, 0.2) is 5.82 Å². The molecule has 32 heavy (non-hydrogen) atoms. The van der Waals surface area contributed by atoms with E-state index in [9.17, 15) is 14.4 Å². The number of ketones is 1. The molecule has 1 aromatic heterocycles. The van der Waals surface area contributed by atoms with E-state index in [-0.39, 0.29) is 30.4 Å². The van der Waals surface area contributed by atoms with Gasteiger partial charge in [-0.1, -0.05) is 30.3 Å². The summed E-state index contributed by atoms with van der Waals surface area (Å²) in [7, 11) is 1.76. The maximum Gasteiger partial charge on any atom is 0.243 e. The van der Waals surface area contributed by atoms with Crippen LogP contribution in [0, 0.1) is 0 Å². The summed E-state index contributed by atoms with van der Waals surface area (Å²) in [6.07, 6.45) is 4.11. The molecule has 0 fully saturated rings. The average molecular weight is 429 g/mol. The van der Waals surface area contributed by atoms with Crippen molar-refractivity contribution in [3.63, 3.8) is 0 Å². The van der Waals surface area contributed by atoms with Gasteiger partial charge in [0.1, 0.15) is 0 Å². The predicted octanol–water partition coefficient (Wildman–Crippen LogP) is 3.01. The van der Waals surface area contributed by atoms with Gasteiger partial charge in [0, 0.05) is 50.0 Å². The smallest absolute Gasteiger partial charge is 0.243 e. The van der Waals surface area contributed by atoms with Crippen molar-refractivity contribution < 1.29 is 14.4 Å². The van der Waals surface area contributed by atoms with E-state index in [1.807, 2.05) is 30.3 Å². The van der Waals surface area contributed by atoms with Crippen molar-refractivity contribution in [2.75, 3.05) is 11.9 Å². The van der Waals surface area contributed by atoms with E-state index in [0.717, 1.165) is 11.3 Å². The molecule has 2 aromatic carbocycles. The number of hydrazone groups is 1. The Labute approximate surface area is 185 Å². The lowest BCUT2D eigenvalue weighted by Crippen LogP contribution is -2.25. The number of amides is 2. The van der Waals surface area contributed by atoms with Crippen LogP contribution in [0.15, 0.2) is 72.1 Å². The number of hydrogen-bond acceptors (Lipinski definition) is 5. The van der Waals surface area contributed by atoms with Gasteiger partial charge in [-0.05, 0) is 29.8 Å². The molecule has 1 N–H and O–H groups in total. The number of imidazole rings is 1. The molecule has 162 valence electrons. The molecule has 2 heterocycles. The third kappa shape index (κ3) is 4.80. The maximum absolute atomic E-state index is 12.5. The number of aromatic nitrogens is 2. The molecule has 1 aliphatic heterocycles. The number of carbonyl (C=O) groups is 3. The van der Waals surface area contributed by atoms with Crippen LogP contribution in [0.2, 0.25) is 0 Å². The number of carbonyl (C=O) groups excluding carboxylic acids is 3. The predicted molar refractivity (Wildman–Crippen MR) is 120 cm³/mol. The molecule has 0 radical (unpaired) electrons. The molecular weight excluding hydrogens is 406 g/mol. The van der Waals surface area contributed by atoms with Crippen molar-refractivity contribution >= 4 is 29.0 Å². The molecule has 0 bridgehead atoms. The van der Waals surface area contributed by atoms with Crippen LogP contribution in [0.4, 0.5) is 5.69 Å². The first-order valence-electron chi connectivity index (χ1n) is 10.4. The van der Waals surface area contributed by atoms with Crippen LogP contribution in [0.3, 0.4) is 0 Å². The number of nitrogens with one attached hydrogen (secondary N) is 1. The van der Waals surface area contributed by atoms with E-state index in [1.165, 1.54) is 5.01 Å². The molecule has 0 atom stereocenters. The lowest BCUT2D eigenvalue weighted by molar-refractivity contribution is -0.132. The molecular formula is C24H23N5O3. The fourth-order valence-electron chi connectivity index (χ4n) is 3.46. The average Bonchev–Trinajstić information content (AvgIpc) is 3.48. The van der Waals surface area contributed by atoms with E-state index in [2.05, 4.69) is 15.4 Å². The normalized spacial score (nSPS) is 13.0. The van der Waals surface area contributed by atoms with Gasteiger partial charge in [-0.15, -0.1) is 0 Å². The highest BCUT2D eigenvalue weighted by molar-refractivity contribution is 6.07. The third-order valence-corrected chi connectivity index (χ3v) is 5.22. The zero-order chi connectivity index (χ0) is 22.5. The highest BCUT2D eigenvalue weighted by Gasteiger charge is 2.22. The number of rotatable bonds is 7. The van der Waals surface area contributed by atoms with Gasteiger partial charge in [0.05, 0.1) is 12.3 Å². The van der Waals surface area contributed by atoms with Gasteiger partial charge in [-0.25, -0.2) is 9.99 Å². The fourth-order valence-corrected chi connectivity index (χ4v) is 3.46. The summed E-state index contributed by atoms with van der Waals surface area (Å²) in [5.41, 5.74) is 2.92. The zero-order valence-corrected chi connectivity index (χ0v) is 17.7. The van der Waals surface area contributed by atoms with Gasteiger partial charge < -0.3 is 9.88 Å². The van der Waals surface area contributed by atoms with Gasteiger partial charge in [0.2, 0.25) is 17.6 Å². The topological polar surface area (TPSA) is 96.7 Å². The Kier molecular flexibility index (Phi) is 6.21. The molecule has 8 heteroatoms.